The van der Waals surface area contributed by atoms with E-state index in [0.29, 0.717) is 18.9 Å². The summed E-state index contributed by atoms with van der Waals surface area (Å²) in [6, 6.07) is 27.0. The van der Waals surface area contributed by atoms with E-state index in [4.69, 9.17) is 4.74 Å². The van der Waals surface area contributed by atoms with Gasteiger partial charge in [0.2, 0.25) is 11.8 Å². The Morgan fingerprint density at radius 3 is 2.13 bits per heavy atom. The molecule has 1 N–H and O–H groups in total. The van der Waals surface area contributed by atoms with E-state index in [9.17, 15) is 18.0 Å². The molecule has 0 saturated heterocycles. The maximum absolute atomic E-state index is 15.1. The van der Waals surface area contributed by atoms with Gasteiger partial charge in [-0.2, -0.15) is 0 Å². The van der Waals surface area contributed by atoms with Gasteiger partial charge in [0.15, 0.2) is 0 Å². The number of carbonyl (C=O) groups is 2. The van der Waals surface area contributed by atoms with Gasteiger partial charge in [0.1, 0.15) is 24.2 Å². The molecule has 47 heavy (non-hydrogen) atoms. The summed E-state index contributed by atoms with van der Waals surface area (Å²) >= 11 is 0. The highest BCUT2D eigenvalue weighted by atomic mass is 32.2. The van der Waals surface area contributed by atoms with Crippen LogP contribution in [0.15, 0.2) is 108 Å². The number of halogens is 1. The number of rotatable bonds is 15. The third-order valence-electron chi connectivity index (χ3n) is 7.58. The average Bonchev–Trinajstić information content (AvgIpc) is 3.06. The van der Waals surface area contributed by atoms with Crippen molar-refractivity contribution in [2.24, 2.45) is 5.92 Å². The Morgan fingerprint density at radius 2 is 1.51 bits per heavy atom. The van der Waals surface area contributed by atoms with Crippen LogP contribution in [0.1, 0.15) is 37.5 Å². The van der Waals surface area contributed by atoms with Crippen molar-refractivity contribution in [3.05, 3.63) is 126 Å². The van der Waals surface area contributed by atoms with Crippen LogP contribution in [0.2, 0.25) is 0 Å². The summed E-state index contributed by atoms with van der Waals surface area (Å²) in [5.41, 5.74) is 2.10. The molecule has 4 aromatic rings. The fourth-order valence-corrected chi connectivity index (χ4v) is 6.44. The molecular formula is C37H42FN3O5S. The number of ether oxygens (including phenoxy) is 1. The molecule has 0 aromatic heterocycles. The molecule has 8 nitrogen and oxygen atoms in total. The van der Waals surface area contributed by atoms with Crippen LogP contribution in [0.5, 0.6) is 5.75 Å². The van der Waals surface area contributed by atoms with Crippen LogP contribution < -0.4 is 14.4 Å². The number of aryl methyl sites for hydroxylation is 1. The number of hydrogen-bond acceptors (Lipinski definition) is 5. The minimum Gasteiger partial charge on any atom is -0.494 e. The highest BCUT2D eigenvalue weighted by Crippen LogP contribution is 2.27. The van der Waals surface area contributed by atoms with Crippen molar-refractivity contribution in [3.8, 4) is 5.75 Å². The average molecular weight is 660 g/mol. The van der Waals surface area contributed by atoms with E-state index in [-0.39, 0.29) is 35.0 Å². The van der Waals surface area contributed by atoms with Crippen LogP contribution in [-0.2, 0) is 32.6 Å². The Bertz CT molecular complexity index is 1730. The zero-order valence-electron chi connectivity index (χ0n) is 27.2. The van der Waals surface area contributed by atoms with Gasteiger partial charge in [-0.1, -0.05) is 80.1 Å². The summed E-state index contributed by atoms with van der Waals surface area (Å²) in [5, 5.41) is 2.93. The minimum absolute atomic E-state index is 0.000880. The van der Waals surface area contributed by atoms with E-state index in [1.54, 1.807) is 54.6 Å². The number of benzene rings is 4. The summed E-state index contributed by atoms with van der Waals surface area (Å²) < 4.78 is 50.0. The van der Waals surface area contributed by atoms with Crippen molar-refractivity contribution in [2.75, 3.05) is 24.0 Å². The molecule has 248 valence electrons. The van der Waals surface area contributed by atoms with Crippen LogP contribution in [-0.4, -0.2) is 50.9 Å². The van der Waals surface area contributed by atoms with Crippen LogP contribution >= 0.6 is 0 Å². The van der Waals surface area contributed by atoms with Crippen LogP contribution in [0.3, 0.4) is 0 Å². The maximum Gasteiger partial charge on any atom is 0.264 e. The molecule has 4 rings (SSSR count). The molecular weight excluding hydrogens is 617 g/mol. The first-order valence-electron chi connectivity index (χ1n) is 15.7. The summed E-state index contributed by atoms with van der Waals surface area (Å²) in [6.45, 7) is 7.51. The van der Waals surface area contributed by atoms with E-state index in [1.807, 2.05) is 58.0 Å². The molecule has 0 radical (unpaired) electrons. The lowest BCUT2D eigenvalue weighted by atomic mass is 10.0. The maximum atomic E-state index is 15.1. The molecule has 0 spiro atoms. The lowest BCUT2D eigenvalue weighted by Gasteiger charge is -2.34. The van der Waals surface area contributed by atoms with Crippen LogP contribution in [0.25, 0.3) is 0 Å². The predicted molar refractivity (Wildman–Crippen MR) is 182 cm³/mol. The number of sulfonamides is 1. The lowest BCUT2D eigenvalue weighted by Crippen LogP contribution is -2.53. The molecule has 10 heteroatoms. The normalized spacial score (nSPS) is 12.0. The van der Waals surface area contributed by atoms with Crippen molar-refractivity contribution >= 4 is 27.5 Å². The Labute approximate surface area is 277 Å². The van der Waals surface area contributed by atoms with Crippen molar-refractivity contribution < 1.29 is 27.1 Å². The van der Waals surface area contributed by atoms with E-state index in [1.165, 1.54) is 23.1 Å². The topological polar surface area (TPSA) is 96.0 Å². The second-order valence-corrected chi connectivity index (χ2v) is 13.6. The molecule has 0 aliphatic carbocycles. The van der Waals surface area contributed by atoms with E-state index < -0.39 is 40.2 Å². The van der Waals surface area contributed by atoms with Gasteiger partial charge in [-0.15, -0.1) is 0 Å². The Hall–Kier alpha value is -4.70. The van der Waals surface area contributed by atoms with Gasteiger partial charge < -0.3 is 15.0 Å². The Balaban J connectivity index is 1.80. The smallest absolute Gasteiger partial charge is 0.264 e. The number of anilines is 1. The fourth-order valence-electron chi connectivity index (χ4n) is 5.03. The zero-order chi connectivity index (χ0) is 34.0. The van der Waals surface area contributed by atoms with Gasteiger partial charge in [0.05, 0.1) is 17.2 Å². The molecule has 1 unspecified atom stereocenters. The third kappa shape index (κ3) is 9.42. The summed E-state index contributed by atoms with van der Waals surface area (Å²) in [5.74, 6) is -0.940. The Morgan fingerprint density at radius 1 is 0.872 bits per heavy atom. The second kappa shape index (κ2) is 16.2. The Kier molecular flexibility index (Phi) is 12.1. The zero-order valence-corrected chi connectivity index (χ0v) is 28.0. The minimum atomic E-state index is -4.26. The predicted octanol–water partition coefficient (Wildman–Crippen LogP) is 6.14. The largest absolute Gasteiger partial charge is 0.494 e. The molecule has 0 bridgehead atoms. The van der Waals surface area contributed by atoms with Crippen molar-refractivity contribution in [1.29, 1.82) is 0 Å². The molecule has 0 fully saturated rings. The van der Waals surface area contributed by atoms with Crippen molar-refractivity contribution in [1.82, 2.24) is 10.2 Å². The quantitative estimate of drug-likeness (QED) is 0.166. The molecule has 0 heterocycles. The van der Waals surface area contributed by atoms with Gasteiger partial charge in [0.25, 0.3) is 10.0 Å². The molecule has 0 saturated carbocycles. The number of nitrogens with zero attached hydrogens (tertiary/aromatic N) is 2. The first-order chi connectivity index (χ1) is 22.5. The highest BCUT2D eigenvalue weighted by molar-refractivity contribution is 7.92. The monoisotopic (exact) mass is 659 g/mol. The second-order valence-electron chi connectivity index (χ2n) is 11.7. The number of amides is 2. The van der Waals surface area contributed by atoms with Gasteiger partial charge in [-0.05, 0) is 67.8 Å². The van der Waals surface area contributed by atoms with Crippen LogP contribution in [0.4, 0.5) is 10.1 Å². The van der Waals surface area contributed by atoms with Gasteiger partial charge in [-0.25, -0.2) is 12.8 Å². The van der Waals surface area contributed by atoms with Crippen molar-refractivity contribution in [3.63, 3.8) is 0 Å². The molecule has 0 aliphatic heterocycles. The number of hydrogen-bond donors (Lipinski definition) is 1. The first kappa shape index (κ1) is 35.2. The first-order valence-corrected chi connectivity index (χ1v) is 17.1. The van der Waals surface area contributed by atoms with E-state index in [2.05, 4.69) is 5.32 Å². The molecule has 0 aliphatic rings. The summed E-state index contributed by atoms with van der Waals surface area (Å²) in [6.07, 6.45) is 0.138. The molecule has 4 aromatic carbocycles. The van der Waals surface area contributed by atoms with Gasteiger partial charge in [-0.3, -0.25) is 13.9 Å². The molecule has 2 amide bonds. The third-order valence-corrected chi connectivity index (χ3v) is 9.37. The standard InChI is InChI=1S/C37H42FN3O5S/c1-5-46-32-19-17-31(18-20-32)41(47(44,45)33-21-15-28(4)16-22-33)26-36(42)40(25-30-13-9-10-14-34(30)38)35(37(43)39-24-27(2)3)23-29-11-7-6-8-12-29/h6-22,27,35H,5,23-26H2,1-4H3,(H,39,43). The molecule has 1 atom stereocenters. The fraction of sp³-hybridized carbons (Fsp3) is 0.297. The highest BCUT2D eigenvalue weighted by Gasteiger charge is 2.35. The number of nitrogens with one attached hydrogen (secondary N) is 1. The number of carbonyl (C=O) groups excluding carboxylic acids is 2. The van der Waals surface area contributed by atoms with E-state index in [0.717, 1.165) is 15.4 Å². The van der Waals surface area contributed by atoms with Gasteiger partial charge in [0, 0.05) is 25.1 Å². The van der Waals surface area contributed by atoms with Gasteiger partial charge >= 0.3 is 0 Å². The van der Waals surface area contributed by atoms with Crippen LogP contribution in [0, 0.1) is 18.7 Å². The summed E-state index contributed by atoms with van der Waals surface area (Å²) in [4.78, 5) is 29.6. The van der Waals surface area contributed by atoms with E-state index >= 15 is 4.39 Å². The van der Waals surface area contributed by atoms with Crippen molar-refractivity contribution in [2.45, 2.75) is 51.6 Å². The SMILES string of the molecule is CCOc1ccc(N(CC(=O)N(Cc2ccccc2F)C(Cc2ccccc2)C(=O)NCC(C)C)S(=O)(=O)c2ccc(C)cc2)cc1. The lowest BCUT2D eigenvalue weighted by molar-refractivity contribution is -0.140. The summed E-state index contributed by atoms with van der Waals surface area (Å²) in [7, 11) is -4.26.